The van der Waals surface area contributed by atoms with Crippen LogP contribution in [0.1, 0.15) is 6.92 Å². The van der Waals surface area contributed by atoms with Gasteiger partial charge in [-0.3, -0.25) is 0 Å². The van der Waals surface area contributed by atoms with Crippen LogP contribution in [0.4, 0.5) is 0 Å². The van der Waals surface area contributed by atoms with Crippen LogP contribution in [-0.2, 0) is 19.4 Å². The molecule has 0 aliphatic heterocycles. The van der Waals surface area contributed by atoms with Crippen molar-refractivity contribution in [3.05, 3.63) is 0 Å². The van der Waals surface area contributed by atoms with E-state index in [2.05, 4.69) is 4.74 Å². The van der Waals surface area contributed by atoms with Crippen molar-refractivity contribution in [2.24, 2.45) is 0 Å². The average molecular weight is 147 g/mol. The van der Waals surface area contributed by atoms with E-state index in [1.165, 1.54) is 0 Å². The molecule has 0 amide bonds. The highest BCUT2D eigenvalue weighted by Crippen LogP contribution is 1.78. The molecule has 0 heterocycles. The topological polar surface area (TPSA) is 55.4 Å². The third kappa shape index (κ3) is 5.53. The molecule has 0 unspecified atom stereocenters. The molecule has 0 N–H and O–H groups in total. The van der Waals surface area contributed by atoms with E-state index in [9.17, 15) is 9.90 Å². The zero-order chi connectivity index (χ0) is 7.82. The van der Waals surface area contributed by atoms with E-state index in [4.69, 9.17) is 4.74 Å². The highest BCUT2D eigenvalue weighted by Gasteiger charge is 1.98. The van der Waals surface area contributed by atoms with E-state index >= 15 is 0 Å². The van der Waals surface area contributed by atoms with Crippen molar-refractivity contribution in [1.82, 2.24) is 0 Å². The second-order valence-corrected chi connectivity index (χ2v) is 1.56. The molecule has 4 nitrogen and oxygen atoms in total. The molecule has 0 atom stereocenters. The summed E-state index contributed by atoms with van der Waals surface area (Å²) in [5.74, 6) is -0.722. The van der Waals surface area contributed by atoms with Gasteiger partial charge in [0.1, 0.15) is 6.61 Å². The number of carbonyl (C=O) groups excluding carboxylic acids is 1. The summed E-state index contributed by atoms with van der Waals surface area (Å²) >= 11 is 0. The van der Waals surface area contributed by atoms with Crippen molar-refractivity contribution in [2.75, 3.05) is 26.4 Å². The fourth-order valence-electron chi connectivity index (χ4n) is 0.400. The molecule has 0 aliphatic rings. The van der Waals surface area contributed by atoms with Gasteiger partial charge in [0.05, 0.1) is 6.61 Å². The Hall–Kier alpha value is -0.610. The number of hydrogen-bond acceptors (Lipinski definition) is 3. The molecule has 0 saturated carbocycles. The Morgan fingerprint density at radius 2 is 2.10 bits per heavy atom. The molecule has 0 rings (SSSR count). The maximum absolute atomic E-state index is 10.2. The van der Waals surface area contributed by atoms with Crippen molar-refractivity contribution >= 4 is 5.97 Å². The fourth-order valence-corrected chi connectivity index (χ4v) is 0.400. The maximum Gasteiger partial charge on any atom is 0.335 e. The summed E-state index contributed by atoms with van der Waals surface area (Å²) in [5, 5.41) is 9.78. The van der Waals surface area contributed by atoms with Gasteiger partial charge in [-0.05, 0) is 6.92 Å². The van der Waals surface area contributed by atoms with Gasteiger partial charge in [0, 0.05) is 6.61 Å². The van der Waals surface area contributed by atoms with Gasteiger partial charge in [-0.15, -0.1) is 0 Å². The Balaban J connectivity index is 2.96. The number of ether oxygens (including phenoxy) is 2. The Morgan fingerprint density at radius 3 is 2.60 bits per heavy atom. The summed E-state index contributed by atoms with van der Waals surface area (Å²) in [4.78, 5) is 10.2. The minimum Gasteiger partial charge on any atom is -0.461 e. The highest BCUT2D eigenvalue weighted by atomic mass is 16.6. The Kier molecular flexibility index (Phi) is 6.11. The predicted molar refractivity (Wildman–Crippen MR) is 33.0 cm³/mol. The molecule has 4 heteroatoms. The summed E-state index contributed by atoms with van der Waals surface area (Å²) in [6, 6.07) is 0. The van der Waals surface area contributed by atoms with Crippen LogP contribution < -0.4 is 0 Å². The molecule has 0 aliphatic carbocycles. The molecule has 0 fully saturated rings. The lowest BCUT2D eigenvalue weighted by Crippen LogP contribution is -2.12. The Labute approximate surface area is 59.7 Å². The van der Waals surface area contributed by atoms with Crippen molar-refractivity contribution in [2.45, 2.75) is 6.92 Å². The first-order chi connectivity index (χ1) is 4.81. The van der Waals surface area contributed by atoms with Gasteiger partial charge in [-0.25, -0.2) is 9.90 Å². The van der Waals surface area contributed by atoms with Gasteiger partial charge in [0.2, 0.25) is 0 Å². The van der Waals surface area contributed by atoms with E-state index in [0.717, 1.165) is 0 Å². The SMILES string of the molecule is CCOCCOC(=O)C[O]. The molecule has 1 radical (unpaired) electrons. The molecule has 0 aromatic heterocycles. The first-order valence-corrected chi connectivity index (χ1v) is 3.12. The van der Waals surface area contributed by atoms with Crippen LogP contribution in [0.25, 0.3) is 0 Å². The molecule has 0 aromatic rings. The second kappa shape index (κ2) is 6.51. The average Bonchev–Trinajstić information content (AvgIpc) is 1.98. The molecule has 0 aromatic carbocycles. The normalized spacial score (nSPS) is 9.40. The minimum atomic E-state index is -0.813. The molecule has 0 bridgehead atoms. The number of hydrogen-bond donors (Lipinski definition) is 0. The number of rotatable bonds is 5. The van der Waals surface area contributed by atoms with Crippen LogP contribution in [0.3, 0.4) is 0 Å². The van der Waals surface area contributed by atoms with Crippen LogP contribution in [0.5, 0.6) is 0 Å². The first kappa shape index (κ1) is 9.39. The quantitative estimate of drug-likeness (QED) is 0.406. The van der Waals surface area contributed by atoms with Gasteiger partial charge < -0.3 is 9.47 Å². The summed E-state index contributed by atoms with van der Waals surface area (Å²) in [5.41, 5.74) is 0. The van der Waals surface area contributed by atoms with Crippen LogP contribution >= 0.6 is 0 Å². The standard InChI is InChI=1S/C6H11O4/c1-2-9-3-4-10-6(8)5-7/h2-5H2,1H3. The van der Waals surface area contributed by atoms with Gasteiger partial charge in [0.15, 0.2) is 6.61 Å². The van der Waals surface area contributed by atoms with Crippen molar-refractivity contribution in [3.8, 4) is 0 Å². The van der Waals surface area contributed by atoms with Gasteiger partial charge in [-0.1, -0.05) is 0 Å². The molecular weight excluding hydrogens is 136 g/mol. The fraction of sp³-hybridized carbons (Fsp3) is 0.833. The van der Waals surface area contributed by atoms with E-state index in [-0.39, 0.29) is 6.61 Å². The van der Waals surface area contributed by atoms with E-state index in [0.29, 0.717) is 13.2 Å². The van der Waals surface area contributed by atoms with Crippen LogP contribution in [-0.4, -0.2) is 32.4 Å². The molecule has 0 spiro atoms. The summed E-state index contributed by atoms with van der Waals surface area (Å²) in [6.07, 6.45) is 0. The van der Waals surface area contributed by atoms with Crippen molar-refractivity contribution in [3.63, 3.8) is 0 Å². The van der Waals surface area contributed by atoms with Crippen LogP contribution in [0.15, 0.2) is 0 Å². The minimum absolute atomic E-state index is 0.176. The van der Waals surface area contributed by atoms with Crippen molar-refractivity contribution < 1.29 is 19.4 Å². The van der Waals surface area contributed by atoms with Gasteiger partial charge in [-0.2, -0.15) is 0 Å². The molecule has 59 valence electrons. The third-order valence-corrected chi connectivity index (χ3v) is 0.813. The van der Waals surface area contributed by atoms with Crippen LogP contribution in [0, 0.1) is 0 Å². The Morgan fingerprint density at radius 1 is 1.40 bits per heavy atom. The highest BCUT2D eigenvalue weighted by molar-refractivity contribution is 5.70. The van der Waals surface area contributed by atoms with E-state index < -0.39 is 12.6 Å². The maximum atomic E-state index is 10.2. The Bertz CT molecular complexity index is 91.7. The first-order valence-electron chi connectivity index (χ1n) is 3.12. The molecular formula is C6H11O4. The van der Waals surface area contributed by atoms with Gasteiger partial charge >= 0.3 is 5.97 Å². The lowest BCUT2D eigenvalue weighted by atomic mass is 10.7. The predicted octanol–water partition coefficient (Wildman–Crippen LogP) is -0.00340. The van der Waals surface area contributed by atoms with E-state index in [1.807, 2.05) is 6.92 Å². The lowest BCUT2D eigenvalue weighted by Gasteiger charge is -2.00. The zero-order valence-electron chi connectivity index (χ0n) is 5.96. The zero-order valence-corrected chi connectivity index (χ0v) is 5.96. The van der Waals surface area contributed by atoms with Crippen molar-refractivity contribution in [1.29, 1.82) is 0 Å². The van der Waals surface area contributed by atoms with E-state index in [1.54, 1.807) is 0 Å². The second-order valence-electron chi connectivity index (χ2n) is 1.56. The summed E-state index contributed by atoms with van der Waals surface area (Å²) in [7, 11) is 0. The molecule has 10 heavy (non-hydrogen) atoms. The molecule has 0 saturated heterocycles. The number of carbonyl (C=O) groups is 1. The van der Waals surface area contributed by atoms with Crippen LogP contribution in [0.2, 0.25) is 0 Å². The number of esters is 1. The largest absolute Gasteiger partial charge is 0.461 e. The lowest BCUT2D eigenvalue weighted by molar-refractivity contribution is -0.150. The smallest absolute Gasteiger partial charge is 0.335 e. The third-order valence-electron chi connectivity index (χ3n) is 0.813. The monoisotopic (exact) mass is 147 g/mol. The summed E-state index contributed by atoms with van der Waals surface area (Å²) in [6.45, 7) is 2.16. The van der Waals surface area contributed by atoms with Gasteiger partial charge in [0.25, 0.3) is 0 Å². The summed E-state index contributed by atoms with van der Waals surface area (Å²) < 4.78 is 9.27.